The van der Waals surface area contributed by atoms with E-state index in [1.54, 1.807) is 22.7 Å². The van der Waals surface area contributed by atoms with Crippen LogP contribution in [-0.2, 0) is 30.5 Å². The fourth-order valence-electron chi connectivity index (χ4n) is 2.75. The molecule has 0 bridgehead atoms. The van der Waals surface area contributed by atoms with Crippen LogP contribution in [-0.4, -0.2) is 26.8 Å². The summed E-state index contributed by atoms with van der Waals surface area (Å²) in [6, 6.07) is 0. The van der Waals surface area contributed by atoms with Crippen LogP contribution >= 0.6 is 22.7 Å². The van der Waals surface area contributed by atoms with Crippen molar-refractivity contribution < 1.29 is 4.79 Å². The van der Waals surface area contributed by atoms with Crippen molar-refractivity contribution in [3.63, 3.8) is 0 Å². The number of fused-ring (bicyclic) bond motifs is 2. The van der Waals surface area contributed by atoms with E-state index in [9.17, 15) is 4.79 Å². The number of thiazole rings is 2. The maximum Gasteiger partial charge on any atom is 0.226 e. The maximum absolute atomic E-state index is 12.0. The number of nitrogens with one attached hydrogen (secondary N) is 1. The summed E-state index contributed by atoms with van der Waals surface area (Å²) in [6.07, 6.45) is 8.57. The summed E-state index contributed by atoms with van der Waals surface area (Å²) in [5.41, 5.74) is 2.10. The van der Waals surface area contributed by atoms with Gasteiger partial charge in [0.05, 0.1) is 22.8 Å². The fourth-order valence-corrected chi connectivity index (χ4v) is 4.62. The van der Waals surface area contributed by atoms with Gasteiger partial charge in [-0.15, -0.1) is 22.7 Å². The zero-order valence-corrected chi connectivity index (χ0v) is 13.7. The van der Waals surface area contributed by atoms with Gasteiger partial charge in [-0.05, 0) is 19.3 Å². The minimum atomic E-state index is 0.0230. The van der Waals surface area contributed by atoms with Crippen molar-refractivity contribution in [3.8, 4) is 0 Å². The largest absolute Gasteiger partial charge is 0.355 e. The van der Waals surface area contributed by atoms with E-state index in [-0.39, 0.29) is 5.91 Å². The lowest BCUT2D eigenvalue weighted by molar-refractivity contribution is -0.120. The van der Waals surface area contributed by atoms with Crippen LogP contribution in [0.25, 0.3) is 4.96 Å². The number of rotatable bonds is 5. The van der Waals surface area contributed by atoms with Gasteiger partial charge in [0.15, 0.2) is 4.96 Å². The monoisotopic (exact) mass is 332 g/mol. The third kappa shape index (κ3) is 2.78. The van der Waals surface area contributed by atoms with Gasteiger partial charge in [0.1, 0.15) is 0 Å². The van der Waals surface area contributed by atoms with Gasteiger partial charge in [-0.1, -0.05) is 0 Å². The van der Waals surface area contributed by atoms with E-state index in [1.807, 2.05) is 22.2 Å². The number of aryl methyl sites for hydroxylation is 2. The van der Waals surface area contributed by atoms with Crippen molar-refractivity contribution in [3.05, 3.63) is 39.0 Å². The highest BCUT2D eigenvalue weighted by molar-refractivity contribution is 7.15. The molecule has 0 radical (unpaired) electrons. The van der Waals surface area contributed by atoms with Crippen molar-refractivity contribution in [1.82, 2.24) is 19.7 Å². The first kappa shape index (κ1) is 13.9. The average molecular weight is 332 g/mol. The number of aromatic nitrogens is 3. The molecule has 0 unspecified atom stereocenters. The molecular weight excluding hydrogens is 316 g/mol. The number of carbonyl (C=O) groups excluding carboxylic acids is 1. The SMILES string of the molecule is O=C(Cc1cn2ccsc2n1)NCCc1nc2c(s1)CCC2. The second-order valence-electron chi connectivity index (χ2n) is 5.43. The van der Waals surface area contributed by atoms with Crippen LogP contribution in [0.4, 0.5) is 0 Å². The van der Waals surface area contributed by atoms with Gasteiger partial charge in [-0.2, -0.15) is 0 Å². The molecule has 1 N–H and O–H groups in total. The molecule has 0 aliphatic heterocycles. The molecule has 1 aliphatic carbocycles. The van der Waals surface area contributed by atoms with Crippen molar-refractivity contribution in [2.24, 2.45) is 0 Å². The average Bonchev–Trinajstić information content (AvgIpc) is 3.16. The lowest BCUT2D eigenvalue weighted by Crippen LogP contribution is -2.27. The molecule has 1 aliphatic rings. The topological polar surface area (TPSA) is 59.3 Å². The van der Waals surface area contributed by atoms with E-state index >= 15 is 0 Å². The summed E-state index contributed by atoms with van der Waals surface area (Å²) < 4.78 is 1.95. The number of amides is 1. The molecule has 3 aromatic rings. The lowest BCUT2D eigenvalue weighted by Gasteiger charge is -2.02. The maximum atomic E-state index is 12.0. The van der Waals surface area contributed by atoms with Gasteiger partial charge in [0.25, 0.3) is 0 Å². The van der Waals surface area contributed by atoms with Crippen molar-refractivity contribution in [1.29, 1.82) is 0 Å². The molecule has 0 saturated heterocycles. The summed E-state index contributed by atoms with van der Waals surface area (Å²) in [5.74, 6) is 0.0230. The van der Waals surface area contributed by atoms with E-state index < -0.39 is 0 Å². The second kappa shape index (κ2) is 5.81. The number of imidazole rings is 1. The van der Waals surface area contributed by atoms with Crippen LogP contribution in [0.3, 0.4) is 0 Å². The normalized spacial score (nSPS) is 13.6. The van der Waals surface area contributed by atoms with Gasteiger partial charge in [-0.3, -0.25) is 9.20 Å². The molecule has 3 heterocycles. The van der Waals surface area contributed by atoms with Crippen LogP contribution in [0.5, 0.6) is 0 Å². The molecular formula is C15H16N4OS2. The Morgan fingerprint density at radius 2 is 2.32 bits per heavy atom. The summed E-state index contributed by atoms with van der Waals surface area (Å²) in [5, 5.41) is 6.09. The van der Waals surface area contributed by atoms with Crippen molar-refractivity contribution in [2.75, 3.05) is 6.54 Å². The number of nitrogens with zero attached hydrogens (tertiary/aromatic N) is 3. The van der Waals surface area contributed by atoms with E-state index in [0.29, 0.717) is 13.0 Å². The van der Waals surface area contributed by atoms with Gasteiger partial charge in [0.2, 0.25) is 5.91 Å². The molecule has 0 fully saturated rings. The smallest absolute Gasteiger partial charge is 0.226 e. The first-order valence-corrected chi connectivity index (χ1v) is 9.13. The molecule has 0 aromatic carbocycles. The third-order valence-corrected chi connectivity index (χ3v) is 5.77. The van der Waals surface area contributed by atoms with E-state index in [4.69, 9.17) is 0 Å². The number of hydrogen-bond acceptors (Lipinski definition) is 5. The molecule has 5 nitrogen and oxygen atoms in total. The molecule has 3 aromatic heterocycles. The second-order valence-corrected chi connectivity index (χ2v) is 7.47. The van der Waals surface area contributed by atoms with Gasteiger partial charge in [0, 0.05) is 35.6 Å². The molecule has 114 valence electrons. The molecule has 7 heteroatoms. The summed E-state index contributed by atoms with van der Waals surface area (Å²) in [4.78, 5) is 23.4. The van der Waals surface area contributed by atoms with Crippen molar-refractivity contribution >= 4 is 33.5 Å². The quantitative estimate of drug-likeness (QED) is 0.779. The lowest BCUT2D eigenvalue weighted by atomic mass is 10.3. The first-order chi connectivity index (χ1) is 10.8. The highest BCUT2D eigenvalue weighted by Gasteiger charge is 2.16. The standard InChI is InChI=1S/C15H16N4OS2/c20-13(8-10-9-19-6-7-21-15(19)17-10)16-5-4-14-18-11-2-1-3-12(11)22-14/h6-7,9H,1-5,8H2,(H,16,20). The van der Waals surface area contributed by atoms with Gasteiger partial charge >= 0.3 is 0 Å². The van der Waals surface area contributed by atoms with Crippen LogP contribution < -0.4 is 5.32 Å². The summed E-state index contributed by atoms with van der Waals surface area (Å²) in [7, 11) is 0. The Bertz CT molecular complexity index is 767. The zero-order chi connectivity index (χ0) is 14.9. The van der Waals surface area contributed by atoms with Crippen LogP contribution in [0.2, 0.25) is 0 Å². The summed E-state index contributed by atoms with van der Waals surface area (Å²) >= 11 is 3.38. The Hall–Kier alpha value is -1.73. The summed E-state index contributed by atoms with van der Waals surface area (Å²) in [6.45, 7) is 0.646. The van der Waals surface area contributed by atoms with Gasteiger partial charge < -0.3 is 5.32 Å². The van der Waals surface area contributed by atoms with E-state index in [2.05, 4.69) is 15.3 Å². The van der Waals surface area contributed by atoms with Gasteiger partial charge in [-0.25, -0.2) is 9.97 Å². The Kier molecular flexibility index (Phi) is 3.67. The first-order valence-electron chi connectivity index (χ1n) is 7.43. The highest BCUT2D eigenvalue weighted by Crippen LogP contribution is 2.27. The zero-order valence-electron chi connectivity index (χ0n) is 12.0. The van der Waals surface area contributed by atoms with E-state index in [1.165, 1.54) is 23.4 Å². The Balaban J connectivity index is 1.28. The molecule has 0 spiro atoms. The van der Waals surface area contributed by atoms with Crippen LogP contribution in [0.1, 0.15) is 27.7 Å². The molecule has 0 atom stereocenters. The Morgan fingerprint density at radius 3 is 3.18 bits per heavy atom. The highest BCUT2D eigenvalue weighted by atomic mass is 32.1. The molecule has 4 rings (SSSR count). The Morgan fingerprint density at radius 1 is 1.36 bits per heavy atom. The Labute approximate surface area is 136 Å². The number of hydrogen-bond donors (Lipinski definition) is 1. The molecule has 0 saturated carbocycles. The van der Waals surface area contributed by atoms with Crippen LogP contribution in [0, 0.1) is 0 Å². The van der Waals surface area contributed by atoms with Crippen molar-refractivity contribution in [2.45, 2.75) is 32.1 Å². The minimum absolute atomic E-state index is 0.0230. The minimum Gasteiger partial charge on any atom is -0.355 e. The predicted octanol–water partition coefficient (Wildman–Crippen LogP) is 2.24. The number of carbonyl (C=O) groups is 1. The molecule has 22 heavy (non-hydrogen) atoms. The predicted molar refractivity (Wildman–Crippen MR) is 87.6 cm³/mol. The van der Waals surface area contributed by atoms with E-state index in [0.717, 1.165) is 28.5 Å². The van der Waals surface area contributed by atoms with Crippen LogP contribution in [0.15, 0.2) is 17.8 Å². The molecule has 1 amide bonds. The fraction of sp³-hybridized carbons (Fsp3) is 0.400. The third-order valence-electron chi connectivity index (χ3n) is 3.79.